The summed E-state index contributed by atoms with van der Waals surface area (Å²) in [5.74, 6) is -1.17. The molecule has 114 valence electrons. The highest BCUT2D eigenvalue weighted by Gasteiger charge is 2.17. The van der Waals surface area contributed by atoms with Crippen molar-refractivity contribution in [3.63, 3.8) is 0 Å². The molecule has 0 bridgehead atoms. The van der Waals surface area contributed by atoms with Crippen LogP contribution >= 0.6 is 0 Å². The molecular formula is C16H15NO5. The van der Waals surface area contributed by atoms with Gasteiger partial charge in [-0.05, 0) is 23.8 Å². The van der Waals surface area contributed by atoms with Crippen LogP contribution in [0.2, 0.25) is 0 Å². The van der Waals surface area contributed by atoms with Crippen LogP contribution in [0.15, 0.2) is 41.0 Å². The minimum Gasteiger partial charge on any atom is -0.465 e. The van der Waals surface area contributed by atoms with Gasteiger partial charge in [0.1, 0.15) is 6.61 Å². The molecule has 1 heterocycles. The van der Waals surface area contributed by atoms with Crippen LogP contribution in [0.3, 0.4) is 0 Å². The van der Waals surface area contributed by atoms with Crippen molar-refractivity contribution in [3.05, 3.63) is 47.2 Å². The van der Waals surface area contributed by atoms with Gasteiger partial charge in [0, 0.05) is 19.5 Å². The molecule has 6 nitrogen and oxygen atoms in total. The largest absolute Gasteiger partial charge is 0.465 e. The first-order valence-electron chi connectivity index (χ1n) is 6.62. The predicted octanol–water partition coefficient (Wildman–Crippen LogP) is 1.95. The van der Waals surface area contributed by atoms with Gasteiger partial charge in [-0.3, -0.25) is 9.79 Å². The molecule has 2 rings (SSSR count). The lowest BCUT2D eigenvalue weighted by Crippen LogP contribution is -2.12. The maximum Gasteiger partial charge on any atom is 0.338 e. The molecule has 0 amide bonds. The predicted molar refractivity (Wildman–Crippen MR) is 78.9 cm³/mol. The lowest BCUT2D eigenvalue weighted by Gasteiger charge is -2.06. The Morgan fingerprint density at radius 2 is 1.86 bits per heavy atom. The first-order valence-corrected chi connectivity index (χ1v) is 6.62. The first-order chi connectivity index (χ1) is 10.5. The third-order valence-electron chi connectivity index (χ3n) is 3.11. The Bertz CT molecular complexity index is 688. The number of aliphatic imine (C=N–C) groups is 1. The summed E-state index contributed by atoms with van der Waals surface area (Å²) >= 11 is 0. The second kappa shape index (κ2) is 6.80. The van der Waals surface area contributed by atoms with Crippen LogP contribution < -0.4 is 0 Å². The second-order valence-electron chi connectivity index (χ2n) is 4.74. The molecule has 6 heteroatoms. The minimum absolute atomic E-state index is 0.0571. The van der Waals surface area contributed by atoms with Crippen LogP contribution in [0.4, 0.5) is 0 Å². The second-order valence-corrected chi connectivity index (χ2v) is 4.74. The number of esters is 2. The molecule has 0 saturated carbocycles. The Morgan fingerprint density at radius 3 is 2.45 bits per heavy atom. The van der Waals surface area contributed by atoms with E-state index >= 15 is 0 Å². The number of benzene rings is 1. The van der Waals surface area contributed by atoms with Crippen LogP contribution in [0.5, 0.6) is 0 Å². The van der Waals surface area contributed by atoms with Gasteiger partial charge in [0.05, 0.1) is 23.9 Å². The van der Waals surface area contributed by atoms with Crippen molar-refractivity contribution in [2.75, 3.05) is 13.7 Å². The molecule has 0 fully saturated rings. The van der Waals surface area contributed by atoms with E-state index in [-0.39, 0.29) is 23.5 Å². The van der Waals surface area contributed by atoms with Gasteiger partial charge in [0.25, 0.3) is 0 Å². The highest BCUT2D eigenvalue weighted by molar-refractivity contribution is 6.40. The van der Waals surface area contributed by atoms with E-state index in [0.717, 1.165) is 5.57 Å². The Hall–Kier alpha value is -2.76. The lowest BCUT2D eigenvalue weighted by molar-refractivity contribution is -0.111. The quantitative estimate of drug-likeness (QED) is 0.776. The molecule has 1 aromatic rings. The van der Waals surface area contributed by atoms with E-state index in [4.69, 9.17) is 4.74 Å². The van der Waals surface area contributed by atoms with E-state index in [1.54, 1.807) is 18.2 Å². The number of Topliss-reactive ketones (excluding diaryl/α,β-unsaturated/α-hetero) is 1. The fraction of sp³-hybridized carbons (Fsp3) is 0.250. The molecule has 1 aromatic carbocycles. The molecule has 0 N–H and O–H groups in total. The van der Waals surface area contributed by atoms with E-state index in [2.05, 4.69) is 9.73 Å². The number of carbonyl (C=O) groups excluding carboxylic acids is 3. The SMILES string of the molecule is COC(=O)c1cccc(C(=O)OCC2=CN=C(C(C)=O)C2)c1. The van der Waals surface area contributed by atoms with Crippen molar-refractivity contribution >= 4 is 23.4 Å². The molecule has 1 aliphatic rings. The monoisotopic (exact) mass is 301 g/mol. The molecule has 22 heavy (non-hydrogen) atoms. The summed E-state index contributed by atoms with van der Waals surface area (Å²) in [5, 5.41) is 0. The van der Waals surface area contributed by atoms with Crippen LogP contribution in [0.25, 0.3) is 0 Å². The third-order valence-corrected chi connectivity index (χ3v) is 3.11. The minimum atomic E-state index is -0.553. The highest BCUT2D eigenvalue weighted by atomic mass is 16.5. The van der Waals surface area contributed by atoms with Gasteiger partial charge in [0.2, 0.25) is 0 Å². The number of hydrogen-bond donors (Lipinski definition) is 0. The van der Waals surface area contributed by atoms with Crippen LogP contribution in [0.1, 0.15) is 34.1 Å². The van der Waals surface area contributed by atoms with Crippen LogP contribution in [-0.2, 0) is 14.3 Å². The normalized spacial score (nSPS) is 13.2. The zero-order valence-electron chi connectivity index (χ0n) is 12.3. The lowest BCUT2D eigenvalue weighted by atomic mass is 10.1. The number of carbonyl (C=O) groups is 3. The van der Waals surface area contributed by atoms with Gasteiger partial charge >= 0.3 is 11.9 Å². The Labute approximate surface area is 127 Å². The number of ketones is 1. The number of hydrogen-bond acceptors (Lipinski definition) is 6. The summed E-state index contributed by atoms with van der Waals surface area (Å²) in [6, 6.07) is 6.09. The smallest absolute Gasteiger partial charge is 0.338 e. The third kappa shape index (κ3) is 3.66. The first kappa shape index (κ1) is 15.6. The van der Waals surface area contributed by atoms with Gasteiger partial charge < -0.3 is 9.47 Å². The molecule has 0 saturated heterocycles. The van der Waals surface area contributed by atoms with Gasteiger partial charge in [-0.25, -0.2) is 9.59 Å². The maximum absolute atomic E-state index is 12.0. The van der Waals surface area contributed by atoms with E-state index in [0.29, 0.717) is 12.1 Å². The summed E-state index contributed by atoms with van der Waals surface area (Å²) in [4.78, 5) is 38.5. The summed E-state index contributed by atoms with van der Waals surface area (Å²) in [7, 11) is 1.27. The Balaban J connectivity index is 1.94. The summed E-state index contributed by atoms with van der Waals surface area (Å²) in [5.41, 5.74) is 1.75. The molecule has 0 atom stereocenters. The van der Waals surface area contributed by atoms with Gasteiger partial charge in [-0.2, -0.15) is 0 Å². The molecule has 0 spiro atoms. The zero-order chi connectivity index (χ0) is 16.1. The molecule has 0 unspecified atom stereocenters. The van der Waals surface area contributed by atoms with Crippen molar-refractivity contribution < 1.29 is 23.9 Å². The van der Waals surface area contributed by atoms with Crippen LogP contribution in [-0.4, -0.2) is 37.2 Å². The van der Waals surface area contributed by atoms with E-state index in [1.165, 1.54) is 26.3 Å². The Morgan fingerprint density at radius 1 is 1.18 bits per heavy atom. The molecule has 1 aliphatic heterocycles. The number of methoxy groups -OCH3 is 1. The maximum atomic E-state index is 12.0. The average molecular weight is 301 g/mol. The standard InChI is InChI=1S/C16H15NO5/c1-10(18)14-6-11(8-17-14)9-22-16(20)13-5-3-4-12(7-13)15(19)21-2/h3-5,7-8H,6,9H2,1-2H3. The van der Waals surface area contributed by atoms with Crippen molar-refractivity contribution in [2.45, 2.75) is 13.3 Å². The summed E-state index contributed by atoms with van der Waals surface area (Å²) in [6.45, 7) is 1.50. The van der Waals surface area contributed by atoms with Gasteiger partial charge in [-0.15, -0.1) is 0 Å². The zero-order valence-corrected chi connectivity index (χ0v) is 12.3. The highest BCUT2D eigenvalue weighted by Crippen LogP contribution is 2.14. The van der Waals surface area contributed by atoms with E-state index < -0.39 is 11.9 Å². The van der Waals surface area contributed by atoms with E-state index in [9.17, 15) is 14.4 Å². The van der Waals surface area contributed by atoms with Gasteiger partial charge in [-0.1, -0.05) is 6.07 Å². The van der Waals surface area contributed by atoms with Crippen molar-refractivity contribution in [1.29, 1.82) is 0 Å². The van der Waals surface area contributed by atoms with Crippen molar-refractivity contribution in [1.82, 2.24) is 0 Å². The molecule has 0 aliphatic carbocycles. The molecule has 0 aromatic heterocycles. The number of nitrogens with zero attached hydrogens (tertiary/aromatic N) is 1. The van der Waals surface area contributed by atoms with Crippen molar-refractivity contribution in [3.8, 4) is 0 Å². The summed E-state index contributed by atoms with van der Waals surface area (Å²) < 4.78 is 9.76. The Kier molecular flexibility index (Phi) is 4.83. The topological polar surface area (TPSA) is 82.0 Å². The average Bonchev–Trinajstić information content (AvgIpc) is 3.01. The van der Waals surface area contributed by atoms with Gasteiger partial charge in [0.15, 0.2) is 5.78 Å². The van der Waals surface area contributed by atoms with Crippen LogP contribution in [0, 0.1) is 0 Å². The molecular weight excluding hydrogens is 286 g/mol. The number of ether oxygens (including phenoxy) is 2. The summed E-state index contributed by atoms with van der Waals surface area (Å²) in [6.07, 6.45) is 1.93. The fourth-order valence-electron chi connectivity index (χ4n) is 1.91. The fourth-order valence-corrected chi connectivity index (χ4v) is 1.91. The number of rotatable bonds is 5. The van der Waals surface area contributed by atoms with Crippen molar-refractivity contribution in [2.24, 2.45) is 4.99 Å². The molecule has 0 radical (unpaired) electrons. The van der Waals surface area contributed by atoms with E-state index in [1.807, 2.05) is 0 Å².